The first-order chi connectivity index (χ1) is 19.8. The molecule has 2 fully saturated rings. The summed E-state index contributed by atoms with van der Waals surface area (Å²) >= 11 is 0. The van der Waals surface area contributed by atoms with Crippen LogP contribution in [0.3, 0.4) is 0 Å². The number of rotatable bonds is 10. The topological polar surface area (TPSA) is 154 Å². The van der Waals surface area contributed by atoms with Crippen LogP contribution in [0, 0.1) is 5.92 Å². The number of hydrogen-bond donors (Lipinski definition) is 4. The van der Waals surface area contributed by atoms with Crippen LogP contribution in [0.5, 0.6) is 0 Å². The number of unbranched alkanes of at least 4 members (excludes halogenated alkanes) is 1. The minimum absolute atomic E-state index is 0.106. The lowest BCUT2D eigenvalue weighted by Gasteiger charge is -2.40. The molecule has 3 aliphatic rings. The number of piperidine rings is 1. The summed E-state index contributed by atoms with van der Waals surface area (Å²) in [5.41, 5.74) is 12.5. The molecule has 11 nitrogen and oxygen atoms in total. The van der Waals surface area contributed by atoms with Crippen LogP contribution in [0.25, 0.3) is 0 Å². The van der Waals surface area contributed by atoms with E-state index in [0.29, 0.717) is 56.2 Å². The van der Waals surface area contributed by atoms with E-state index in [-0.39, 0.29) is 35.3 Å². The molecule has 0 bridgehead atoms. The number of nitrogens with one attached hydrogen (secondary N) is 2. The van der Waals surface area contributed by atoms with Gasteiger partial charge in [-0.1, -0.05) is 12.7 Å². The third kappa shape index (κ3) is 7.22. The fraction of sp³-hybridized carbons (Fsp3) is 0.467. The van der Waals surface area contributed by atoms with E-state index in [1.54, 1.807) is 40.1 Å². The Kier molecular flexibility index (Phi) is 10.3. The Labute approximate surface area is 241 Å². The molecule has 4 amide bonds. The third-order valence-electron chi connectivity index (χ3n) is 7.96. The van der Waals surface area contributed by atoms with Gasteiger partial charge in [-0.25, -0.2) is 0 Å². The number of nitrogens with two attached hydrogens (primary N) is 2. The molecule has 0 spiro atoms. The molecular formula is C30H41N7O4. The van der Waals surface area contributed by atoms with E-state index < -0.39 is 5.91 Å². The fourth-order valence-corrected chi connectivity index (χ4v) is 5.63. The lowest BCUT2D eigenvalue weighted by Crippen LogP contribution is -2.50. The van der Waals surface area contributed by atoms with Gasteiger partial charge < -0.3 is 31.9 Å². The number of anilines is 1. The molecule has 3 aliphatic heterocycles. The fourth-order valence-electron chi connectivity index (χ4n) is 5.63. The lowest BCUT2D eigenvalue weighted by atomic mass is 9.86. The van der Waals surface area contributed by atoms with E-state index in [0.717, 1.165) is 38.8 Å². The molecule has 0 radical (unpaired) electrons. The zero-order valence-electron chi connectivity index (χ0n) is 23.5. The maximum absolute atomic E-state index is 13.2. The second kappa shape index (κ2) is 14.1. The van der Waals surface area contributed by atoms with Crippen LogP contribution in [-0.2, 0) is 14.4 Å². The van der Waals surface area contributed by atoms with Crippen LogP contribution in [-0.4, -0.2) is 90.2 Å². The summed E-state index contributed by atoms with van der Waals surface area (Å²) in [6.45, 7) is 7.93. The Bertz CT molecular complexity index is 1200. The molecule has 0 saturated carbocycles. The molecule has 6 N–H and O–H groups in total. The maximum atomic E-state index is 13.2. The summed E-state index contributed by atoms with van der Waals surface area (Å²) in [4.78, 5) is 56.1. The van der Waals surface area contributed by atoms with Crippen LogP contribution >= 0.6 is 0 Å². The van der Waals surface area contributed by atoms with Gasteiger partial charge in [0.15, 0.2) is 0 Å². The van der Waals surface area contributed by atoms with Gasteiger partial charge in [0.25, 0.3) is 17.7 Å². The van der Waals surface area contributed by atoms with Gasteiger partial charge in [0.1, 0.15) is 5.82 Å². The van der Waals surface area contributed by atoms with Gasteiger partial charge >= 0.3 is 0 Å². The number of carbonyl (C=O) groups is 4. The van der Waals surface area contributed by atoms with Gasteiger partial charge in [-0.2, -0.15) is 0 Å². The minimum atomic E-state index is -0.654. The van der Waals surface area contributed by atoms with Crippen molar-refractivity contribution in [2.45, 2.75) is 38.1 Å². The SMILES string of the molecule is C=CC(=O)N1C(Nc2ccc(C(=O)N3CCN(C(=O)CCCCN)CC3)cc2)=C(C(N)=O)C=CC1C1CCNCC1. The molecule has 1 unspecified atom stereocenters. The highest BCUT2D eigenvalue weighted by Crippen LogP contribution is 2.31. The average molecular weight is 564 g/mol. The molecule has 11 heteroatoms. The number of carbonyl (C=O) groups excluding carboxylic acids is 4. The molecule has 1 aromatic carbocycles. The molecule has 1 atom stereocenters. The zero-order chi connectivity index (χ0) is 29.4. The van der Waals surface area contributed by atoms with Crippen LogP contribution in [0.1, 0.15) is 42.5 Å². The Morgan fingerprint density at radius 2 is 1.66 bits per heavy atom. The third-order valence-corrected chi connectivity index (χ3v) is 7.96. The van der Waals surface area contributed by atoms with Crippen molar-refractivity contribution < 1.29 is 19.2 Å². The highest BCUT2D eigenvalue weighted by molar-refractivity contribution is 5.99. The predicted octanol–water partition coefficient (Wildman–Crippen LogP) is 1.16. The molecule has 0 aliphatic carbocycles. The molecule has 1 aromatic rings. The number of primary amides is 1. The van der Waals surface area contributed by atoms with Crippen molar-refractivity contribution in [2.75, 3.05) is 51.1 Å². The summed E-state index contributed by atoms with van der Waals surface area (Å²) in [5.74, 6) is -0.474. The number of piperazine rings is 1. The van der Waals surface area contributed by atoms with Crippen molar-refractivity contribution in [2.24, 2.45) is 17.4 Å². The normalized spacial score (nSPS) is 19.7. The number of benzene rings is 1. The van der Waals surface area contributed by atoms with Crippen molar-refractivity contribution in [3.63, 3.8) is 0 Å². The molecular weight excluding hydrogens is 522 g/mol. The second-order valence-corrected chi connectivity index (χ2v) is 10.6. The van der Waals surface area contributed by atoms with Crippen molar-refractivity contribution >= 4 is 29.3 Å². The van der Waals surface area contributed by atoms with E-state index in [1.807, 2.05) is 11.0 Å². The predicted molar refractivity (Wildman–Crippen MR) is 157 cm³/mol. The molecule has 0 aromatic heterocycles. The van der Waals surface area contributed by atoms with E-state index in [2.05, 4.69) is 17.2 Å². The van der Waals surface area contributed by atoms with Gasteiger partial charge in [-0.15, -0.1) is 0 Å². The van der Waals surface area contributed by atoms with Crippen molar-refractivity contribution in [1.82, 2.24) is 20.0 Å². The van der Waals surface area contributed by atoms with E-state index in [4.69, 9.17) is 11.5 Å². The van der Waals surface area contributed by atoms with Gasteiger partial charge in [-0.3, -0.25) is 24.1 Å². The maximum Gasteiger partial charge on any atom is 0.253 e. The van der Waals surface area contributed by atoms with E-state index in [1.165, 1.54) is 6.08 Å². The van der Waals surface area contributed by atoms with Crippen LogP contribution in [0.4, 0.5) is 5.69 Å². The average Bonchev–Trinajstić information content (AvgIpc) is 3.01. The number of nitrogens with zero attached hydrogens (tertiary/aromatic N) is 3. The van der Waals surface area contributed by atoms with Crippen molar-refractivity contribution in [3.8, 4) is 0 Å². The minimum Gasteiger partial charge on any atom is -0.365 e. The largest absolute Gasteiger partial charge is 0.365 e. The molecule has 2 saturated heterocycles. The summed E-state index contributed by atoms with van der Waals surface area (Å²) in [6.07, 6.45) is 8.67. The molecule has 3 heterocycles. The molecule has 41 heavy (non-hydrogen) atoms. The highest BCUT2D eigenvalue weighted by Gasteiger charge is 2.36. The van der Waals surface area contributed by atoms with Crippen molar-refractivity contribution in [1.29, 1.82) is 0 Å². The molecule has 4 rings (SSSR count). The number of amides is 4. The Balaban J connectivity index is 1.45. The van der Waals surface area contributed by atoms with Gasteiger partial charge in [0.2, 0.25) is 5.91 Å². The Morgan fingerprint density at radius 3 is 2.27 bits per heavy atom. The summed E-state index contributed by atoms with van der Waals surface area (Å²) in [7, 11) is 0. The van der Waals surface area contributed by atoms with Crippen molar-refractivity contribution in [3.05, 3.63) is 66.0 Å². The zero-order valence-corrected chi connectivity index (χ0v) is 23.5. The Hall–Kier alpha value is -3.96. The monoisotopic (exact) mass is 563 g/mol. The standard InChI is InChI=1S/C30H41N7O4/c1-2-26(38)37-25(21-12-15-33-16-13-21)11-10-24(28(32)40)29(37)34-23-8-6-22(7-9-23)30(41)36-19-17-35(18-20-36)27(39)5-3-4-14-31/h2,6-11,21,25,33-34H,1,3-5,12-20,31H2,(H2,32,40). The first-order valence-corrected chi connectivity index (χ1v) is 14.4. The van der Waals surface area contributed by atoms with E-state index in [9.17, 15) is 19.2 Å². The quantitative estimate of drug-likeness (QED) is 0.246. The molecule has 220 valence electrons. The van der Waals surface area contributed by atoms with Gasteiger partial charge in [0, 0.05) is 43.9 Å². The number of hydrogen-bond acceptors (Lipinski definition) is 7. The Morgan fingerprint density at radius 1 is 1.00 bits per heavy atom. The van der Waals surface area contributed by atoms with Gasteiger partial charge in [0.05, 0.1) is 11.6 Å². The smallest absolute Gasteiger partial charge is 0.253 e. The van der Waals surface area contributed by atoms with Crippen LogP contribution in [0.2, 0.25) is 0 Å². The first kappa shape index (κ1) is 30.0. The first-order valence-electron chi connectivity index (χ1n) is 14.4. The van der Waals surface area contributed by atoms with Crippen LogP contribution < -0.4 is 22.1 Å². The summed E-state index contributed by atoms with van der Waals surface area (Å²) in [5, 5.41) is 6.57. The van der Waals surface area contributed by atoms with E-state index >= 15 is 0 Å². The van der Waals surface area contributed by atoms with Gasteiger partial charge in [-0.05, 0) is 87.7 Å². The van der Waals surface area contributed by atoms with Crippen LogP contribution in [0.15, 0.2) is 60.5 Å². The summed E-state index contributed by atoms with van der Waals surface area (Å²) in [6, 6.07) is 6.65. The summed E-state index contributed by atoms with van der Waals surface area (Å²) < 4.78 is 0. The highest BCUT2D eigenvalue weighted by atomic mass is 16.2. The lowest BCUT2D eigenvalue weighted by molar-refractivity contribution is -0.132. The second-order valence-electron chi connectivity index (χ2n) is 10.6.